The summed E-state index contributed by atoms with van der Waals surface area (Å²) in [5.74, 6) is 1.57. The molecule has 1 rings (SSSR count). The number of nitrogens with two attached hydrogens (primary N) is 1. The third kappa shape index (κ3) is 6.20. The Morgan fingerprint density at radius 1 is 1.53 bits per heavy atom. The molecule has 0 atom stereocenters. The first-order chi connectivity index (χ1) is 8.99. The molecular weight excluding hydrogens is 258 g/mol. The minimum Gasteiger partial charge on any atom is -0.493 e. The molecule has 4 nitrogen and oxygen atoms in total. The molecule has 104 valence electrons. The second-order valence-electron chi connectivity index (χ2n) is 4.79. The lowest BCUT2D eigenvalue weighted by atomic mass is 10.1. The van der Waals surface area contributed by atoms with Crippen molar-refractivity contribution in [1.29, 1.82) is 0 Å². The molecule has 0 heterocycles. The highest BCUT2D eigenvalue weighted by molar-refractivity contribution is 7.80. The molecule has 0 aliphatic heterocycles. The second kappa shape index (κ2) is 7.74. The molecule has 0 aromatic heterocycles. The molecule has 0 bridgehead atoms. The fourth-order valence-corrected chi connectivity index (χ4v) is 1.54. The molecule has 1 aromatic rings. The number of rotatable bonds is 6. The van der Waals surface area contributed by atoms with Gasteiger partial charge in [0.2, 0.25) is 0 Å². The summed E-state index contributed by atoms with van der Waals surface area (Å²) in [4.78, 5) is 0. The van der Waals surface area contributed by atoms with E-state index in [1.165, 1.54) is 0 Å². The fraction of sp³-hybridized carbons (Fsp3) is 0.429. The van der Waals surface area contributed by atoms with E-state index in [9.17, 15) is 0 Å². The maximum absolute atomic E-state index is 5.74. The number of hydrazone groups is 1. The topological polar surface area (TPSA) is 59.6 Å². The lowest BCUT2D eigenvalue weighted by Crippen LogP contribution is -2.23. The first-order valence-corrected chi connectivity index (χ1v) is 6.72. The van der Waals surface area contributed by atoms with Crippen LogP contribution in [0.4, 0.5) is 0 Å². The van der Waals surface area contributed by atoms with E-state index in [-0.39, 0.29) is 5.11 Å². The summed E-state index contributed by atoms with van der Waals surface area (Å²) in [6.07, 6.45) is 2.73. The van der Waals surface area contributed by atoms with Crippen LogP contribution in [-0.4, -0.2) is 17.9 Å². The SMILES string of the molecule is Cc1cc(C=NNC(N)=S)ccc1OCCC(C)C. The second-order valence-corrected chi connectivity index (χ2v) is 5.23. The molecule has 5 heteroatoms. The fourth-order valence-electron chi connectivity index (χ4n) is 1.49. The van der Waals surface area contributed by atoms with Crippen molar-refractivity contribution < 1.29 is 4.74 Å². The van der Waals surface area contributed by atoms with Crippen molar-refractivity contribution in [2.75, 3.05) is 6.61 Å². The highest BCUT2D eigenvalue weighted by Crippen LogP contribution is 2.19. The van der Waals surface area contributed by atoms with Gasteiger partial charge in [0.15, 0.2) is 5.11 Å². The standard InChI is InChI=1S/C14H21N3OS/c1-10(2)6-7-18-13-5-4-12(8-11(13)3)9-16-17-14(15)19/h4-5,8-10H,6-7H2,1-3H3,(H3,15,17,19). The smallest absolute Gasteiger partial charge is 0.184 e. The molecule has 0 aliphatic carbocycles. The normalized spacial score (nSPS) is 10.9. The quantitative estimate of drug-likeness (QED) is 0.477. The zero-order valence-electron chi connectivity index (χ0n) is 11.6. The molecular formula is C14H21N3OS. The van der Waals surface area contributed by atoms with E-state index in [4.69, 9.17) is 10.5 Å². The van der Waals surface area contributed by atoms with Crippen LogP contribution < -0.4 is 15.9 Å². The maximum Gasteiger partial charge on any atom is 0.184 e. The summed E-state index contributed by atoms with van der Waals surface area (Å²) in [7, 11) is 0. The molecule has 0 saturated carbocycles. The van der Waals surface area contributed by atoms with Crippen molar-refractivity contribution >= 4 is 23.5 Å². The largest absolute Gasteiger partial charge is 0.493 e. The van der Waals surface area contributed by atoms with E-state index < -0.39 is 0 Å². The molecule has 1 aromatic carbocycles. The van der Waals surface area contributed by atoms with Crippen molar-refractivity contribution in [3.63, 3.8) is 0 Å². The summed E-state index contributed by atoms with van der Waals surface area (Å²) < 4.78 is 5.74. The van der Waals surface area contributed by atoms with Gasteiger partial charge >= 0.3 is 0 Å². The van der Waals surface area contributed by atoms with E-state index in [1.54, 1.807) is 6.21 Å². The Hall–Kier alpha value is -1.62. The van der Waals surface area contributed by atoms with Crippen molar-refractivity contribution in [1.82, 2.24) is 5.43 Å². The van der Waals surface area contributed by atoms with E-state index in [1.807, 2.05) is 25.1 Å². The molecule has 0 saturated heterocycles. The molecule has 0 aliphatic rings. The molecule has 0 radical (unpaired) electrons. The zero-order valence-corrected chi connectivity index (χ0v) is 12.5. The van der Waals surface area contributed by atoms with Crippen molar-refractivity contribution in [3.05, 3.63) is 29.3 Å². The number of ether oxygens (including phenoxy) is 1. The van der Waals surface area contributed by atoms with Crippen LogP contribution in [0.3, 0.4) is 0 Å². The van der Waals surface area contributed by atoms with E-state index >= 15 is 0 Å². The number of nitrogens with one attached hydrogen (secondary N) is 1. The minimum absolute atomic E-state index is 0.154. The van der Waals surface area contributed by atoms with Crippen molar-refractivity contribution in [2.24, 2.45) is 16.8 Å². The van der Waals surface area contributed by atoms with Crippen LogP contribution in [0.15, 0.2) is 23.3 Å². The summed E-state index contributed by atoms with van der Waals surface area (Å²) >= 11 is 4.66. The van der Waals surface area contributed by atoms with Crippen LogP contribution in [0.1, 0.15) is 31.4 Å². The van der Waals surface area contributed by atoms with Gasteiger partial charge in [-0.2, -0.15) is 5.10 Å². The van der Waals surface area contributed by atoms with Gasteiger partial charge in [-0.05, 0) is 60.8 Å². The van der Waals surface area contributed by atoms with Crippen molar-refractivity contribution in [2.45, 2.75) is 27.2 Å². The van der Waals surface area contributed by atoms with Gasteiger partial charge in [-0.1, -0.05) is 13.8 Å². The van der Waals surface area contributed by atoms with Crippen LogP contribution in [0.25, 0.3) is 0 Å². The summed E-state index contributed by atoms with van der Waals surface area (Å²) in [5.41, 5.74) is 9.85. The zero-order chi connectivity index (χ0) is 14.3. The van der Waals surface area contributed by atoms with Gasteiger partial charge in [0, 0.05) is 0 Å². The van der Waals surface area contributed by atoms with Gasteiger partial charge in [0.05, 0.1) is 12.8 Å². The average molecular weight is 279 g/mol. The Morgan fingerprint density at radius 3 is 2.84 bits per heavy atom. The average Bonchev–Trinajstić information content (AvgIpc) is 2.31. The molecule has 19 heavy (non-hydrogen) atoms. The highest BCUT2D eigenvalue weighted by atomic mass is 32.1. The van der Waals surface area contributed by atoms with Gasteiger partial charge in [0.25, 0.3) is 0 Å². The minimum atomic E-state index is 0.154. The molecule has 0 spiro atoms. The Balaban J connectivity index is 2.58. The van der Waals surface area contributed by atoms with E-state index in [2.05, 4.69) is 36.6 Å². The van der Waals surface area contributed by atoms with Gasteiger partial charge in [-0.3, -0.25) is 5.43 Å². The first kappa shape index (κ1) is 15.4. The summed E-state index contributed by atoms with van der Waals surface area (Å²) in [5, 5.41) is 4.07. The van der Waals surface area contributed by atoms with Gasteiger partial charge < -0.3 is 10.5 Å². The Bertz CT molecular complexity index is 458. The van der Waals surface area contributed by atoms with Crippen molar-refractivity contribution in [3.8, 4) is 5.75 Å². The third-order valence-electron chi connectivity index (χ3n) is 2.54. The molecule has 0 unspecified atom stereocenters. The summed E-state index contributed by atoms with van der Waals surface area (Å²) in [6.45, 7) is 7.13. The van der Waals surface area contributed by atoms with Crippen LogP contribution in [0.5, 0.6) is 5.75 Å². The first-order valence-electron chi connectivity index (χ1n) is 6.31. The molecule has 3 N–H and O–H groups in total. The predicted octanol–water partition coefficient (Wildman–Crippen LogP) is 2.59. The number of nitrogens with zero attached hydrogens (tertiary/aromatic N) is 1. The Morgan fingerprint density at radius 2 is 2.26 bits per heavy atom. The lowest BCUT2D eigenvalue weighted by Gasteiger charge is -2.10. The molecule has 0 amide bonds. The lowest BCUT2D eigenvalue weighted by molar-refractivity contribution is 0.288. The number of thiocarbonyl (C=S) groups is 1. The predicted molar refractivity (Wildman–Crippen MR) is 83.6 cm³/mol. The van der Waals surface area contributed by atoms with E-state index in [0.717, 1.165) is 29.9 Å². The third-order valence-corrected chi connectivity index (χ3v) is 2.63. The van der Waals surface area contributed by atoms with Gasteiger partial charge in [-0.15, -0.1) is 0 Å². The Kier molecular flexibility index (Phi) is 6.29. The number of hydrogen-bond acceptors (Lipinski definition) is 3. The monoisotopic (exact) mass is 279 g/mol. The van der Waals surface area contributed by atoms with E-state index in [0.29, 0.717) is 5.92 Å². The van der Waals surface area contributed by atoms with Crippen LogP contribution in [0, 0.1) is 12.8 Å². The highest BCUT2D eigenvalue weighted by Gasteiger charge is 2.01. The maximum atomic E-state index is 5.74. The molecule has 0 fully saturated rings. The van der Waals surface area contributed by atoms with Crippen LogP contribution in [0.2, 0.25) is 0 Å². The van der Waals surface area contributed by atoms with Gasteiger partial charge in [-0.25, -0.2) is 0 Å². The number of benzene rings is 1. The van der Waals surface area contributed by atoms with Crippen LogP contribution >= 0.6 is 12.2 Å². The van der Waals surface area contributed by atoms with Crippen LogP contribution in [-0.2, 0) is 0 Å². The summed E-state index contributed by atoms with van der Waals surface area (Å²) in [6, 6.07) is 5.91. The Labute approximate surface area is 120 Å². The number of aryl methyl sites for hydroxylation is 1. The van der Waals surface area contributed by atoms with Gasteiger partial charge in [0.1, 0.15) is 5.75 Å². The number of hydrogen-bond donors (Lipinski definition) is 2.